The lowest BCUT2D eigenvalue weighted by atomic mass is 9.98. The summed E-state index contributed by atoms with van der Waals surface area (Å²) in [5, 5.41) is 5.92. The second-order valence-corrected chi connectivity index (χ2v) is 6.96. The van der Waals surface area contributed by atoms with Gasteiger partial charge in [0.1, 0.15) is 17.1 Å². The monoisotopic (exact) mass is 378 g/mol. The number of carbonyl (C=O) groups excluding carboxylic acids is 2. The minimum atomic E-state index is -0.616. The van der Waals surface area contributed by atoms with Gasteiger partial charge in [-0.3, -0.25) is 9.79 Å². The molecule has 28 heavy (non-hydrogen) atoms. The maximum absolute atomic E-state index is 12.6. The van der Waals surface area contributed by atoms with Crippen LogP contribution in [0.2, 0.25) is 0 Å². The fourth-order valence-electron chi connectivity index (χ4n) is 3.57. The Kier molecular flexibility index (Phi) is 4.73. The summed E-state index contributed by atoms with van der Waals surface area (Å²) in [7, 11) is 1.59. The Bertz CT molecular complexity index is 918. The van der Waals surface area contributed by atoms with Gasteiger partial charge in [0, 0.05) is 43.2 Å². The number of methoxy groups -OCH3 is 1. The van der Waals surface area contributed by atoms with E-state index in [2.05, 4.69) is 10.6 Å². The van der Waals surface area contributed by atoms with Gasteiger partial charge >= 0.3 is 6.03 Å². The van der Waals surface area contributed by atoms with Gasteiger partial charge < -0.3 is 20.3 Å². The summed E-state index contributed by atoms with van der Waals surface area (Å²) >= 11 is 0. The van der Waals surface area contributed by atoms with E-state index < -0.39 is 5.66 Å². The first-order valence-electron chi connectivity index (χ1n) is 9.26. The third-order valence-electron chi connectivity index (χ3n) is 5.13. The summed E-state index contributed by atoms with van der Waals surface area (Å²) < 4.78 is 5.18. The fraction of sp³-hybridized carbons (Fsp3) is 0.286. The van der Waals surface area contributed by atoms with Crippen molar-refractivity contribution in [2.24, 2.45) is 4.99 Å². The van der Waals surface area contributed by atoms with Gasteiger partial charge in [-0.25, -0.2) is 4.79 Å². The summed E-state index contributed by atoms with van der Waals surface area (Å²) in [5.41, 5.74) is 1.35. The fourth-order valence-corrected chi connectivity index (χ4v) is 3.57. The molecule has 144 valence electrons. The topological polar surface area (TPSA) is 83.0 Å². The normalized spacial score (nSPS) is 17.8. The number of nitrogens with one attached hydrogen (secondary N) is 2. The van der Waals surface area contributed by atoms with E-state index in [1.54, 1.807) is 18.1 Å². The molecule has 1 saturated heterocycles. The smallest absolute Gasteiger partial charge is 0.321 e. The lowest BCUT2D eigenvalue weighted by molar-refractivity contribution is -0.115. The molecule has 0 saturated carbocycles. The van der Waals surface area contributed by atoms with Crippen LogP contribution in [-0.4, -0.2) is 48.4 Å². The van der Waals surface area contributed by atoms with Gasteiger partial charge in [-0.05, 0) is 12.1 Å². The Balaban J connectivity index is 1.41. The standard InChI is InChI=1S/C21H22N4O3/c1-28-17-9-5-8-16(14-17)22-20(27)25-12-10-21(11-13-25)23-18(19(26)24-21)15-6-3-2-4-7-15/h2-9,14H,10-13H2,1H3,(H,22,27)(H,24,26). The lowest BCUT2D eigenvalue weighted by Gasteiger charge is -2.37. The molecule has 3 amide bonds. The highest BCUT2D eigenvalue weighted by Crippen LogP contribution is 2.29. The molecule has 0 atom stereocenters. The Hall–Kier alpha value is -3.35. The summed E-state index contributed by atoms with van der Waals surface area (Å²) in [6.07, 6.45) is 1.17. The number of ether oxygens (including phenoxy) is 1. The van der Waals surface area contributed by atoms with Gasteiger partial charge in [0.2, 0.25) is 0 Å². The number of likely N-dealkylation sites (tertiary alicyclic amines) is 1. The zero-order valence-electron chi connectivity index (χ0n) is 15.6. The quantitative estimate of drug-likeness (QED) is 0.861. The number of piperidine rings is 1. The van der Waals surface area contributed by atoms with E-state index in [0.717, 1.165) is 5.56 Å². The highest BCUT2D eigenvalue weighted by molar-refractivity contribution is 6.46. The molecule has 7 nitrogen and oxygen atoms in total. The van der Waals surface area contributed by atoms with Crippen LogP contribution in [0, 0.1) is 0 Å². The van der Waals surface area contributed by atoms with Gasteiger partial charge in [-0.2, -0.15) is 0 Å². The van der Waals surface area contributed by atoms with E-state index in [0.29, 0.717) is 43.1 Å². The molecule has 2 N–H and O–H groups in total. The molecule has 0 unspecified atom stereocenters. The first-order chi connectivity index (χ1) is 13.6. The van der Waals surface area contributed by atoms with Crippen molar-refractivity contribution in [1.29, 1.82) is 0 Å². The van der Waals surface area contributed by atoms with Crippen LogP contribution in [0.15, 0.2) is 59.6 Å². The van der Waals surface area contributed by atoms with Crippen molar-refractivity contribution in [3.63, 3.8) is 0 Å². The highest BCUT2D eigenvalue weighted by Gasteiger charge is 2.42. The third kappa shape index (κ3) is 3.55. The summed E-state index contributed by atoms with van der Waals surface area (Å²) in [4.78, 5) is 31.4. The van der Waals surface area contributed by atoms with Crippen molar-refractivity contribution < 1.29 is 14.3 Å². The molecule has 2 heterocycles. The van der Waals surface area contributed by atoms with Gasteiger partial charge in [-0.15, -0.1) is 0 Å². The number of rotatable bonds is 3. The number of hydrogen-bond acceptors (Lipinski definition) is 4. The van der Waals surface area contributed by atoms with Crippen molar-refractivity contribution in [2.75, 3.05) is 25.5 Å². The minimum Gasteiger partial charge on any atom is -0.497 e. The molecule has 0 radical (unpaired) electrons. The van der Waals surface area contributed by atoms with Crippen molar-refractivity contribution in [1.82, 2.24) is 10.2 Å². The van der Waals surface area contributed by atoms with Gasteiger partial charge in [0.15, 0.2) is 0 Å². The Morgan fingerprint density at radius 2 is 1.89 bits per heavy atom. The number of benzene rings is 2. The zero-order valence-corrected chi connectivity index (χ0v) is 15.6. The van der Waals surface area contributed by atoms with Gasteiger partial charge in [-0.1, -0.05) is 36.4 Å². The zero-order chi connectivity index (χ0) is 19.6. The SMILES string of the molecule is COc1cccc(NC(=O)N2CCC3(CC2)N=C(c2ccccc2)C(=O)N3)c1. The molecule has 0 aliphatic carbocycles. The number of hydrogen-bond donors (Lipinski definition) is 2. The number of carbonyl (C=O) groups is 2. The van der Waals surface area contributed by atoms with Crippen LogP contribution in [0.25, 0.3) is 0 Å². The predicted molar refractivity (Wildman–Crippen MR) is 107 cm³/mol. The summed E-state index contributed by atoms with van der Waals surface area (Å²) in [5.74, 6) is 0.535. The largest absolute Gasteiger partial charge is 0.497 e. The van der Waals surface area contributed by atoms with E-state index in [-0.39, 0.29) is 11.9 Å². The molecular weight excluding hydrogens is 356 g/mol. The average Bonchev–Trinajstić information content (AvgIpc) is 3.05. The van der Waals surface area contributed by atoms with Crippen molar-refractivity contribution in [2.45, 2.75) is 18.5 Å². The minimum absolute atomic E-state index is 0.152. The van der Waals surface area contributed by atoms with E-state index in [4.69, 9.17) is 9.73 Å². The van der Waals surface area contributed by atoms with Crippen LogP contribution < -0.4 is 15.4 Å². The van der Waals surface area contributed by atoms with E-state index in [1.807, 2.05) is 48.5 Å². The molecule has 1 spiro atoms. The van der Waals surface area contributed by atoms with E-state index in [9.17, 15) is 9.59 Å². The number of urea groups is 1. The van der Waals surface area contributed by atoms with Crippen LogP contribution in [0.5, 0.6) is 5.75 Å². The van der Waals surface area contributed by atoms with Crippen LogP contribution in [0.3, 0.4) is 0 Å². The average molecular weight is 378 g/mol. The molecule has 2 aromatic rings. The summed E-state index contributed by atoms with van der Waals surface area (Å²) in [6.45, 7) is 1.03. The first kappa shape index (κ1) is 18.0. The molecule has 2 aromatic carbocycles. The Morgan fingerprint density at radius 1 is 1.14 bits per heavy atom. The van der Waals surface area contributed by atoms with Crippen LogP contribution in [-0.2, 0) is 4.79 Å². The Morgan fingerprint density at radius 3 is 2.61 bits per heavy atom. The van der Waals surface area contributed by atoms with Crippen LogP contribution in [0.1, 0.15) is 18.4 Å². The van der Waals surface area contributed by atoms with Crippen molar-refractivity contribution in [3.8, 4) is 5.75 Å². The molecular formula is C21H22N4O3. The molecule has 4 rings (SSSR count). The predicted octanol–water partition coefficient (Wildman–Crippen LogP) is 2.64. The molecule has 0 bridgehead atoms. The van der Waals surface area contributed by atoms with Gasteiger partial charge in [0.25, 0.3) is 5.91 Å². The highest BCUT2D eigenvalue weighted by atomic mass is 16.5. The van der Waals surface area contributed by atoms with E-state index in [1.165, 1.54) is 0 Å². The van der Waals surface area contributed by atoms with Crippen molar-refractivity contribution in [3.05, 3.63) is 60.2 Å². The van der Waals surface area contributed by atoms with E-state index >= 15 is 0 Å². The second kappa shape index (κ2) is 7.34. The molecule has 1 fully saturated rings. The van der Waals surface area contributed by atoms with Crippen molar-refractivity contribution >= 4 is 23.3 Å². The number of anilines is 1. The Labute approximate surface area is 163 Å². The molecule has 7 heteroatoms. The number of aliphatic imine (C=N–C) groups is 1. The number of nitrogens with zero attached hydrogens (tertiary/aromatic N) is 2. The summed E-state index contributed by atoms with van der Waals surface area (Å²) in [6, 6.07) is 16.5. The lowest BCUT2D eigenvalue weighted by Crippen LogP contribution is -2.53. The third-order valence-corrected chi connectivity index (χ3v) is 5.13. The van der Waals surface area contributed by atoms with Crippen LogP contribution >= 0.6 is 0 Å². The maximum atomic E-state index is 12.6. The second-order valence-electron chi connectivity index (χ2n) is 6.96. The maximum Gasteiger partial charge on any atom is 0.321 e. The number of amides is 3. The van der Waals surface area contributed by atoms with Gasteiger partial charge in [0.05, 0.1) is 7.11 Å². The van der Waals surface area contributed by atoms with Crippen LogP contribution in [0.4, 0.5) is 10.5 Å². The molecule has 2 aliphatic heterocycles. The molecule has 2 aliphatic rings. The molecule has 0 aromatic heterocycles. The first-order valence-corrected chi connectivity index (χ1v) is 9.26.